The van der Waals surface area contributed by atoms with E-state index in [1.165, 1.54) is 12.3 Å². The summed E-state index contributed by atoms with van der Waals surface area (Å²) in [6, 6.07) is 20.5. The second kappa shape index (κ2) is 8.73. The van der Waals surface area contributed by atoms with E-state index < -0.39 is 0 Å². The first-order valence-corrected chi connectivity index (χ1v) is 8.39. The molecule has 7 heteroatoms. The quantitative estimate of drug-likeness (QED) is 0.362. The first kappa shape index (κ1) is 18.3. The summed E-state index contributed by atoms with van der Waals surface area (Å²) >= 11 is 6.04. The van der Waals surface area contributed by atoms with Crippen molar-refractivity contribution >= 4 is 35.1 Å². The number of carbonyl (C=O) groups is 1. The fourth-order valence-electron chi connectivity index (χ4n) is 2.17. The maximum Gasteiger partial charge on any atom is 0.271 e. The van der Waals surface area contributed by atoms with Crippen molar-refractivity contribution in [3.63, 3.8) is 0 Å². The highest BCUT2D eigenvalue weighted by molar-refractivity contribution is 6.32. The number of phenols is 1. The predicted octanol–water partition coefficient (Wildman–Crippen LogP) is 5.22. The van der Waals surface area contributed by atoms with E-state index in [9.17, 15) is 9.90 Å². The molecule has 0 aromatic heterocycles. The Kier molecular flexibility index (Phi) is 5.91. The summed E-state index contributed by atoms with van der Waals surface area (Å²) in [7, 11) is 0. The van der Waals surface area contributed by atoms with Gasteiger partial charge in [-0.1, -0.05) is 41.9 Å². The molecule has 0 aliphatic carbocycles. The highest BCUT2D eigenvalue weighted by atomic mass is 35.5. The van der Waals surface area contributed by atoms with Gasteiger partial charge in [-0.15, -0.1) is 5.11 Å². The highest BCUT2D eigenvalue weighted by Gasteiger charge is 2.04. The number of aromatic hydroxyl groups is 1. The molecule has 0 aliphatic heterocycles. The third-order valence-corrected chi connectivity index (χ3v) is 3.86. The summed E-state index contributed by atoms with van der Waals surface area (Å²) in [5.41, 5.74) is 4.33. The van der Waals surface area contributed by atoms with Crippen LogP contribution in [0.5, 0.6) is 5.75 Å². The summed E-state index contributed by atoms with van der Waals surface area (Å²) in [6.07, 6.45) is 1.34. The van der Waals surface area contributed by atoms with Gasteiger partial charge in [0, 0.05) is 11.1 Å². The standard InChI is InChI=1S/C20H15ClN4O2/c21-17-8-4-5-9-18(17)24-23-16-10-11-19(26)15(12-16)13-22-25-20(27)14-6-2-1-3-7-14/h1-13,26H,(H,25,27). The normalized spacial score (nSPS) is 11.1. The molecule has 134 valence electrons. The molecule has 0 spiro atoms. The lowest BCUT2D eigenvalue weighted by Gasteiger charge is -2.02. The topological polar surface area (TPSA) is 86.4 Å². The van der Waals surface area contributed by atoms with Crippen LogP contribution in [0.25, 0.3) is 0 Å². The van der Waals surface area contributed by atoms with E-state index in [-0.39, 0.29) is 11.7 Å². The number of hydrogen-bond donors (Lipinski definition) is 2. The van der Waals surface area contributed by atoms with Crippen molar-refractivity contribution in [2.45, 2.75) is 0 Å². The van der Waals surface area contributed by atoms with Crippen molar-refractivity contribution in [1.82, 2.24) is 5.43 Å². The molecule has 2 N–H and O–H groups in total. The number of hydrazone groups is 1. The number of azo groups is 1. The van der Waals surface area contributed by atoms with Gasteiger partial charge in [-0.3, -0.25) is 4.79 Å². The minimum atomic E-state index is -0.346. The molecule has 3 rings (SSSR count). The van der Waals surface area contributed by atoms with Gasteiger partial charge in [0.1, 0.15) is 11.4 Å². The van der Waals surface area contributed by atoms with E-state index in [1.54, 1.807) is 54.6 Å². The number of rotatable bonds is 5. The van der Waals surface area contributed by atoms with Crippen LogP contribution < -0.4 is 5.43 Å². The number of benzene rings is 3. The molecule has 0 unspecified atom stereocenters. The Morgan fingerprint density at radius 2 is 1.70 bits per heavy atom. The fourth-order valence-corrected chi connectivity index (χ4v) is 2.34. The summed E-state index contributed by atoms with van der Waals surface area (Å²) in [4.78, 5) is 11.9. The molecule has 1 amide bonds. The van der Waals surface area contributed by atoms with Crippen LogP contribution in [0.1, 0.15) is 15.9 Å². The van der Waals surface area contributed by atoms with E-state index >= 15 is 0 Å². The first-order chi connectivity index (χ1) is 13.1. The first-order valence-electron chi connectivity index (χ1n) is 8.01. The third-order valence-electron chi connectivity index (χ3n) is 3.54. The largest absolute Gasteiger partial charge is 0.507 e. The Labute approximate surface area is 160 Å². The molecule has 0 saturated carbocycles. The summed E-state index contributed by atoms with van der Waals surface area (Å²) in [6.45, 7) is 0. The van der Waals surface area contributed by atoms with Crippen LogP contribution in [-0.4, -0.2) is 17.2 Å². The maximum atomic E-state index is 11.9. The molecule has 0 fully saturated rings. The monoisotopic (exact) mass is 378 g/mol. The lowest BCUT2D eigenvalue weighted by Crippen LogP contribution is -2.17. The molecule has 3 aromatic rings. The van der Waals surface area contributed by atoms with E-state index in [2.05, 4.69) is 20.8 Å². The SMILES string of the molecule is O=C(NN=Cc1cc(N=Nc2ccccc2Cl)ccc1O)c1ccccc1. The zero-order valence-corrected chi connectivity index (χ0v) is 14.8. The van der Waals surface area contributed by atoms with Gasteiger partial charge in [0.05, 0.1) is 16.9 Å². The summed E-state index contributed by atoms with van der Waals surface area (Å²) in [5, 5.41) is 22.5. The average Bonchev–Trinajstić information content (AvgIpc) is 2.70. The molecule has 27 heavy (non-hydrogen) atoms. The second-order valence-electron chi connectivity index (χ2n) is 5.46. The summed E-state index contributed by atoms with van der Waals surface area (Å²) in [5.74, 6) is -0.342. The van der Waals surface area contributed by atoms with Crippen molar-refractivity contribution in [3.05, 3.63) is 88.9 Å². The Hall–Kier alpha value is -3.51. The number of amides is 1. The number of halogens is 1. The van der Waals surface area contributed by atoms with Crippen molar-refractivity contribution in [3.8, 4) is 5.75 Å². The van der Waals surface area contributed by atoms with Crippen LogP contribution in [0.4, 0.5) is 11.4 Å². The van der Waals surface area contributed by atoms with Crippen molar-refractivity contribution in [2.24, 2.45) is 15.3 Å². The number of hydrogen-bond acceptors (Lipinski definition) is 5. The minimum Gasteiger partial charge on any atom is -0.507 e. The number of nitrogens with one attached hydrogen (secondary N) is 1. The molecule has 0 saturated heterocycles. The molecular weight excluding hydrogens is 364 g/mol. The molecule has 6 nitrogen and oxygen atoms in total. The Morgan fingerprint density at radius 3 is 2.48 bits per heavy atom. The van der Waals surface area contributed by atoms with Crippen molar-refractivity contribution in [1.29, 1.82) is 0 Å². The van der Waals surface area contributed by atoms with Gasteiger partial charge >= 0.3 is 0 Å². The van der Waals surface area contributed by atoms with Crippen molar-refractivity contribution < 1.29 is 9.90 Å². The lowest BCUT2D eigenvalue weighted by molar-refractivity contribution is 0.0955. The summed E-state index contributed by atoms with van der Waals surface area (Å²) < 4.78 is 0. The van der Waals surface area contributed by atoms with E-state index in [1.807, 2.05) is 12.1 Å². The van der Waals surface area contributed by atoms with Crippen LogP contribution >= 0.6 is 11.6 Å². The van der Waals surface area contributed by atoms with Crippen LogP contribution in [-0.2, 0) is 0 Å². The van der Waals surface area contributed by atoms with Gasteiger partial charge in [-0.05, 0) is 42.5 Å². The van der Waals surface area contributed by atoms with Gasteiger partial charge in [-0.25, -0.2) is 5.43 Å². The van der Waals surface area contributed by atoms with Gasteiger partial charge in [0.25, 0.3) is 5.91 Å². The third kappa shape index (κ3) is 4.99. The fraction of sp³-hybridized carbons (Fsp3) is 0. The zero-order chi connectivity index (χ0) is 19.1. The molecular formula is C20H15ClN4O2. The predicted molar refractivity (Wildman–Crippen MR) is 105 cm³/mol. The second-order valence-corrected chi connectivity index (χ2v) is 5.87. The highest BCUT2D eigenvalue weighted by Crippen LogP contribution is 2.27. The lowest BCUT2D eigenvalue weighted by atomic mass is 10.2. The number of carbonyl (C=O) groups excluding carboxylic acids is 1. The van der Waals surface area contributed by atoms with E-state index in [0.717, 1.165) is 0 Å². The Morgan fingerprint density at radius 1 is 0.963 bits per heavy atom. The van der Waals surface area contributed by atoms with Gasteiger partial charge < -0.3 is 5.11 Å². The van der Waals surface area contributed by atoms with Crippen LogP contribution in [0, 0.1) is 0 Å². The molecule has 3 aromatic carbocycles. The Bertz CT molecular complexity index is 1000. The number of nitrogens with zero attached hydrogens (tertiary/aromatic N) is 3. The van der Waals surface area contributed by atoms with Gasteiger partial charge in [0.2, 0.25) is 0 Å². The smallest absolute Gasteiger partial charge is 0.271 e. The van der Waals surface area contributed by atoms with E-state index in [4.69, 9.17) is 11.6 Å². The molecule has 0 bridgehead atoms. The van der Waals surface area contributed by atoms with Gasteiger partial charge in [-0.2, -0.15) is 10.2 Å². The molecule has 0 aliphatic rings. The molecule has 0 radical (unpaired) electrons. The Balaban J connectivity index is 1.72. The number of phenolic OH excluding ortho intramolecular Hbond substituents is 1. The molecule has 0 atom stereocenters. The average molecular weight is 379 g/mol. The van der Waals surface area contributed by atoms with Crippen LogP contribution in [0.15, 0.2) is 88.1 Å². The van der Waals surface area contributed by atoms with Crippen LogP contribution in [0.2, 0.25) is 5.02 Å². The van der Waals surface area contributed by atoms with Crippen molar-refractivity contribution in [2.75, 3.05) is 0 Å². The van der Waals surface area contributed by atoms with Crippen LogP contribution in [0.3, 0.4) is 0 Å². The maximum absolute atomic E-state index is 11.9. The zero-order valence-electron chi connectivity index (χ0n) is 14.1. The minimum absolute atomic E-state index is 0.00408. The molecule has 0 heterocycles. The van der Waals surface area contributed by atoms with E-state index in [0.29, 0.717) is 27.5 Å². The van der Waals surface area contributed by atoms with Gasteiger partial charge in [0.15, 0.2) is 0 Å².